The van der Waals surface area contributed by atoms with E-state index in [1.165, 1.54) is 20.2 Å². The van der Waals surface area contributed by atoms with Crippen molar-refractivity contribution >= 4 is 17.9 Å². The summed E-state index contributed by atoms with van der Waals surface area (Å²) < 4.78 is 23.3. The summed E-state index contributed by atoms with van der Waals surface area (Å²) in [5.74, 6) is 1.58. The Morgan fingerprint density at radius 3 is 2.83 bits per heavy atom. The second kappa shape index (κ2) is 10.6. The number of amides is 1. The van der Waals surface area contributed by atoms with Crippen LogP contribution in [0.2, 0.25) is 0 Å². The SMILES string of the molecule is COC(=C/C[C@@H](C)C(=O)N1CC[C@]2(CCc3cc(-c4n[nH]c(OC)n4)c(C)nc3N2)C1)/N=C\C(C)F. The van der Waals surface area contributed by atoms with E-state index in [-0.39, 0.29) is 17.4 Å². The second-order valence-corrected chi connectivity index (χ2v) is 9.55. The lowest BCUT2D eigenvalue weighted by atomic mass is 9.86. The molecule has 2 aliphatic heterocycles. The molecule has 2 aromatic heterocycles. The van der Waals surface area contributed by atoms with Crippen molar-refractivity contribution in [2.24, 2.45) is 10.9 Å². The number of aryl methyl sites for hydroxylation is 2. The lowest BCUT2D eigenvalue weighted by Gasteiger charge is -2.36. The number of aromatic nitrogens is 4. The van der Waals surface area contributed by atoms with Gasteiger partial charge >= 0.3 is 6.01 Å². The van der Waals surface area contributed by atoms with E-state index in [4.69, 9.17) is 14.5 Å². The predicted molar refractivity (Wildman–Crippen MR) is 135 cm³/mol. The van der Waals surface area contributed by atoms with Gasteiger partial charge in [-0.15, -0.1) is 0 Å². The topological polar surface area (TPSA) is 118 Å². The van der Waals surface area contributed by atoms with E-state index in [1.54, 1.807) is 13.2 Å². The van der Waals surface area contributed by atoms with Crippen molar-refractivity contribution in [3.63, 3.8) is 0 Å². The fraction of sp³-hybridized carbons (Fsp3) is 0.560. The maximum absolute atomic E-state index is 13.2. The van der Waals surface area contributed by atoms with Gasteiger partial charge in [0.2, 0.25) is 11.8 Å². The van der Waals surface area contributed by atoms with Gasteiger partial charge in [0.15, 0.2) is 5.82 Å². The summed E-state index contributed by atoms with van der Waals surface area (Å²) in [4.78, 5) is 28.2. The van der Waals surface area contributed by atoms with Crippen molar-refractivity contribution in [2.75, 3.05) is 32.6 Å². The quantitative estimate of drug-likeness (QED) is 0.422. The van der Waals surface area contributed by atoms with Gasteiger partial charge in [-0.1, -0.05) is 6.92 Å². The number of carbonyl (C=O) groups excluding carboxylic acids is 1. The maximum Gasteiger partial charge on any atom is 0.312 e. The Morgan fingerprint density at radius 2 is 2.14 bits per heavy atom. The van der Waals surface area contributed by atoms with Gasteiger partial charge in [-0.3, -0.25) is 4.79 Å². The van der Waals surface area contributed by atoms with Crippen molar-refractivity contribution in [1.29, 1.82) is 0 Å². The lowest BCUT2D eigenvalue weighted by Crippen LogP contribution is -2.46. The highest BCUT2D eigenvalue weighted by atomic mass is 19.1. The largest absolute Gasteiger partial charge is 0.481 e. The van der Waals surface area contributed by atoms with Gasteiger partial charge in [0.1, 0.15) is 12.0 Å². The van der Waals surface area contributed by atoms with Crippen LogP contribution >= 0.6 is 0 Å². The molecule has 2 N–H and O–H groups in total. The lowest BCUT2D eigenvalue weighted by molar-refractivity contribution is -0.134. The average Bonchev–Trinajstić information content (AvgIpc) is 3.50. The van der Waals surface area contributed by atoms with E-state index in [9.17, 15) is 9.18 Å². The van der Waals surface area contributed by atoms with Crippen LogP contribution in [0.3, 0.4) is 0 Å². The summed E-state index contributed by atoms with van der Waals surface area (Å²) in [5.41, 5.74) is 2.62. The van der Waals surface area contributed by atoms with Crippen molar-refractivity contribution in [3.05, 3.63) is 29.3 Å². The number of ether oxygens (including phenoxy) is 2. The predicted octanol–water partition coefficient (Wildman–Crippen LogP) is 3.46. The van der Waals surface area contributed by atoms with Gasteiger partial charge in [-0.05, 0) is 57.2 Å². The normalized spacial score (nSPS) is 21.4. The molecule has 0 aromatic carbocycles. The Balaban J connectivity index is 1.41. The number of methoxy groups -OCH3 is 2. The first kappa shape index (κ1) is 25.6. The van der Waals surface area contributed by atoms with E-state index in [1.807, 2.05) is 18.7 Å². The molecule has 1 saturated heterocycles. The number of aromatic amines is 1. The van der Waals surface area contributed by atoms with Crippen LogP contribution in [0.1, 0.15) is 44.4 Å². The fourth-order valence-electron chi connectivity index (χ4n) is 4.74. The molecule has 10 nitrogen and oxygen atoms in total. The number of likely N-dealkylation sites (tertiary alicyclic amines) is 1. The molecule has 4 rings (SSSR count). The molecular weight excluding hydrogens is 465 g/mol. The first-order valence-electron chi connectivity index (χ1n) is 12.2. The molecule has 3 atom stereocenters. The monoisotopic (exact) mass is 499 g/mol. The highest BCUT2D eigenvalue weighted by Gasteiger charge is 2.43. The number of halogens is 1. The highest BCUT2D eigenvalue weighted by Crippen LogP contribution is 2.38. The molecule has 2 aliphatic rings. The minimum atomic E-state index is -1.16. The summed E-state index contributed by atoms with van der Waals surface area (Å²) in [6, 6.07) is 2.45. The van der Waals surface area contributed by atoms with Crippen LogP contribution in [0.15, 0.2) is 23.0 Å². The number of hydrogen-bond donors (Lipinski definition) is 2. The zero-order valence-corrected chi connectivity index (χ0v) is 21.5. The van der Waals surface area contributed by atoms with Crippen LogP contribution in [0.25, 0.3) is 11.4 Å². The summed E-state index contributed by atoms with van der Waals surface area (Å²) >= 11 is 0. The summed E-state index contributed by atoms with van der Waals surface area (Å²) in [5, 5.41) is 10.6. The standard InChI is InChI=1S/C25H34FN7O3/c1-15(6-7-20(35-4)27-13-16(2)26)23(34)33-11-10-25(14-33)9-8-18-12-19(17(3)28-21(18)30-25)22-29-24(36-5)32-31-22/h7,12-13,15-16H,6,8-11,14H2,1-5H3,(H,28,30)(H,29,31,32)/b20-7+,27-13-/t15-,16?,25-/m1/s1. The van der Waals surface area contributed by atoms with Crippen LogP contribution < -0.4 is 10.1 Å². The molecular formula is C25H34FN7O3. The van der Waals surface area contributed by atoms with Gasteiger partial charge < -0.3 is 19.7 Å². The molecule has 0 saturated carbocycles. The summed E-state index contributed by atoms with van der Waals surface area (Å²) in [6.45, 7) is 6.56. The van der Waals surface area contributed by atoms with E-state index in [0.29, 0.717) is 37.2 Å². The third kappa shape index (κ3) is 5.50. The van der Waals surface area contributed by atoms with Crippen LogP contribution in [0.5, 0.6) is 6.01 Å². The first-order valence-corrected chi connectivity index (χ1v) is 12.2. The average molecular weight is 500 g/mol. The van der Waals surface area contributed by atoms with Crippen molar-refractivity contribution in [3.8, 4) is 17.4 Å². The molecule has 1 amide bonds. The molecule has 0 radical (unpaired) electrons. The Bertz CT molecular complexity index is 1160. The van der Waals surface area contributed by atoms with E-state index >= 15 is 0 Å². The fourth-order valence-corrected chi connectivity index (χ4v) is 4.74. The Morgan fingerprint density at radius 1 is 1.33 bits per heavy atom. The summed E-state index contributed by atoms with van der Waals surface area (Å²) in [6.07, 6.45) is 4.84. The number of aliphatic imine (C=N–C) groups is 1. The Hall–Kier alpha value is -3.50. The molecule has 11 heteroatoms. The second-order valence-electron chi connectivity index (χ2n) is 9.55. The first-order chi connectivity index (χ1) is 17.2. The van der Waals surface area contributed by atoms with Crippen LogP contribution in [-0.2, 0) is 16.0 Å². The third-order valence-corrected chi connectivity index (χ3v) is 6.80. The number of allylic oxidation sites excluding steroid dienone is 1. The van der Waals surface area contributed by atoms with E-state index in [0.717, 1.165) is 41.9 Å². The van der Waals surface area contributed by atoms with E-state index in [2.05, 4.69) is 31.6 Å². The van der Waals surface area contributed by atoms with E-state index < -0.39 is 6.17 Å². The van der Waals surface area contributed by atoms with Gasteiger partial charge in [-0.2, -0.15) is 10.1 Å². The molecule has 0 aliphatic carbocycles. The zero-order valence-electron chi connectivity index (χ0n) is 21.5. The van der Waals surface area contributed by atoms with Crippen molar-refractivity contribution < 1.29 is 18.7 Å². The Labute approximate surface area is 210 Å². The van der Waals surface area contributed by atoms with Gasteiger partial charge in [0.25, 0.3) is 0 Å². The molecule has 1 spiro atoms. The molecule has 1 fully saturated rings. The highest BCUT2D eigenvalue weighted by molar-refractivity contribution is 5.79. The zero-order chi connectivity index (χ0) is 25.9. The van der Waals surface area contributed by atoms with Gasteiger partial charge in [0.05, 0.1) is 25.5 Å². The number of carbonyl (C=O) groups is 1. The number of pyridine rings is 1. The number of nitrogens with zero attached hydrogens (tertiary/aromatic N) is 5. The van der Waals surface area contributed by atoms with Crippen LogP contribution in [0.4, 0.5) is 10.2 Å². The molecule has 0 bridgehead atoms. The van der Waals surface area contributed by atoms with Crippen LogP contribution in [-0.4, -0.2) is 76.2 Å². The Kier molecular flexibility index (Phi) is 7.56. The smallest absolute Gasteiger partial charge is 0.312 e. The van der Waals surface area contributed by atoms with Gasteiger partial charge in [0, 0.05) is 30.8 Å². The number of H-pyrrole nitrogens is 1. The number of anilines is 1. The number of fused-ring (bicyclic) bond motifs is 1. The van der Waals surface area contributed by atoms with Crippen molar-refractivity contribution in [2.45, 2.75) is 58.2 Å². The third-order valence-electron chi connectivity index (χ3n) is 6.80. The van der Waals surface area contributed by atoms with Gasteiger partial charge in [-0.25, -0.2) is 19.5 Å². The number of alkyl halides is 1. The number of nitrogens with one attached hydrogen (secondary N) is 2. The molecule has 4 heterocycles. The minimum Gasteiger partial charge on any atom is -0.481 e. The van der Waals surface area contributed by atoms with Crippen molar-refractivity contribution in [1.82, 2.24) is 25.1 Å². The van der Waals surface area contributed by atoms with Crippen LogP contribution in [0, 0.1) is 12.8 Å². The minimum absolute atomic E-state index is 0.0899. The number of hydrogen-bond acceptors (Lipinski definition) is 8. The maximum atomic E-state index is 13.2. The molecule has 36 heavy (non-hydrogen) atoms. The molecule has 1 unspecified atom stereocenters. The molecule has 2 aromatic rings. The molecule has 194 valence electrons. The number of rotatable bonds is 8. The summed E-state index contributed by atoms with van der Waals surface area (Å²) in [7, 11) is 3.02.